The summed E-state index contributed by atoms with van der Waals surface area (Å²) in [7, 11) is 0. The Morgan fingerprint density at radius 2 is 2.24 bits per heavy atom. The van der Waals surface area contributed by atoms with E-state index in [0.717, 1.165) is 43.1 Å². The van der Waals surface area contributed by atoms with Crippen molar-refractivity contribution in [1.82, 2.24) is 15.5 Å². The molecule has 3 atom stereocenters. The number of nitrogens with one attached hydrogen (secondary N) is 2. The van der Waals surface area contributed by atoms with Gasteiger partial charge in [-0.2, -0.15) is 11.8 Å². The summed E-state index contributed by atoms with van der Waals surface area (Å²) < 4.78 is 5.71. The Balaban J connectivity index is 1.63. The first-order valence-corrected chi connectivity index (χ1v) is 10.9. The van der Waals surface area contributed by atoms with Gasteiger partial charge in [0.15, 0.2) is 5.96 Å². The van der Waals surface area contributed by atoms with E-state index in [0.29, 0.717) is 6.04 Å². The van der Waals surface area contributed by atoms with E-state index in [1.807, 2.05) is 17.8 Å². The quantitative estimate of drug-likeness (QED) is 0.574. The second kappa shape index (κ2) is 9.53. The van der Waals surface area contributed by atoms with Crippen LogP contribution in [-0.4, -0.2) is 54.6 Å². The van der Waals surface area contributed by atoms with Crippen molar-refractivity contribution in [1.29, 1.82) is 0 Å². The second-order valence-corrected chi connectivity index (χ2v) is 8.14. The number of furan rings is 1. The van der Waals surface area contributed by atoms with Crippen LogP contribution in [0.4, 0.5) is 0 Å². The zero-order valence-corrected chi connectivity index (χ0v) is 16.4. The predicted octanol–water partition coefficient (Wildman–Crippen LogP) is 3.26. The lowest BCUT2D eigenvalue weighted by atomic mass is 10.2. The number of nitrogens with zero attached hydrogens (tertiary/aromatic N) is 2. The van der Waals surface area contributed by atoms with Crippen LogP contribution in [-0.2, 0) is 0 Å². The van der Waals surface area contributed by atoms with Gasteiger partial charge < -0.3 is 15.1 Å². The number of hydrogen-bond acceptors (Lipinski definition) is 4. The molecule has 1 aliphatic carbocycles. The van der Waals surface area contributed by atoms with Gasteiger partial charge in [0.25, 0.3) is 0 Å². The molecule has 1 aliphatic heterocycles. The minimum absolute atomic E-state index is 0.246. The largest absolute Gasteiger partial charge is 0.468 e. The molecule has 25 heavy (non-hydrogen) atoms. The third kappa shape index (κ3) is 5.17. The lowest BCUT2D eigenvalue weighted by molar-refractivity contribution is 0.221. The van der Waals surface area contributed by atoms with Crippen LogP contribution < -0.4 is 10.6 Å². The lowest BCUT2D eigenvalue weighted by Crippen LogP contribution is -2.43. The summed E-state index contributed by atoms with van der Waals surface area (Å²) in [4.78, 5) is 7.42. The number of guanidine groups is 1. The van der Waals surface area contributed by atoms with Gasteiger partial charge >= 0.3 is 0 Å². The first kappa shape index (κ1) is 18.6. The highest BCUT2D eigenvalue weighted by Gasteiger charge is 2.27. The monoisotopic (exact) mass is 364 g/mol. The smallest absolute Gasteiger partial charge is 0.191 e. The fourth-order valence-electron chi connectivity index (χ4n) is 3.90. The lowest BCUT2D eigenvalue weighted by Gasteiger charge is -2.25. The number of aliphatic imine (C=N–C) groups is 1. The summed E-state index contributed by atoms with van der Waals surface area (Å²) in [5, 5.41) is 7.86. The molecule has 0 aromatic carbocycles. The van der Waals surface area contributed by atoms with Crippen LogP contribution in [0.3, 0.4) is 0 Å². The predicted molar refractivity (Wildman–Crippen MR) is 106 cm³/mol. The highest BCUT2D eigenvalue weighted by molar-refractivity contribution is 7.99. The molecule has 1 aromatic heterocycles. The maximum Gasteiger partial charge on any atom is 0.191 e. The summed E-state index contributed by atoms with van der Waals surface area (Å²) in [6.07, 6.45) is 10.3. The molecule has 0 bridgehead atoms. The summed E-state index contributed by atoms with van der Waals surface area (Å²) >= 11 is 1.99. The van der Waals surface area contributed by atoms with E-state index in [1.54, 1.807) is 6.26 Å². The summed E-state index contributed by atoms with van der Waals surface area (Å²) in [6, 6.07) is 4.85. The molecule has 3 unspecified atom stereocenters. The SMILES string of the molecule is CCNC(=NCC(c1ccco1)N1CCCC1)NC1CCC(SC)C1. The maximum absolute atomic E-state index is 5.71. The van der Waals surface area contributed by atoms with Crippen LogP contribution in [0.25, 0.3) is 0 Å². The zero-order chi connectivity index (χ0) is 17.5. The van der Waals surface area contributed by atoms with Crippen molar-refractivity contribution in [2.24, 2.45) is 4.99 Å². The molecule has 3 rings (SSSR count). The van der Waals surface area contributed by atoms with E-state index in [9.17, 15) is 0 Å². The molecule has 2 heterocycles. The third-order valence-electron chi connectivity index (χ3n) is 5.28. The van der Waals surface area contributed by atoms with E-state index >= 15 is 0 Å². The van der Waals surface area contributed by atoms with E-state index in [2.05, 4.69) is 34.8 Å². The molecular weight excluding hydrogens is 332 g/mol. The van der Waals surface area contributed by atoms with Crippen LogP contribution in [0, 0.1) is 0 Å². The van der Waals surface area contributed by atoms with Gasteiger partial charge in [-0.15, -0.1) is 0 Å². The van der Waals surface area contributed by atoms with Crippen molar-refractivity contribution in [3.63, 3.8) is 0 Å². The van der Waals surface area contributed by atoms with Crippen molar-refractivity contribution >= 4 is 17.7 Å². The average Bonchev–Trinajstić information content (AvgIpc) is 3.38. The van der Waals surface area contributed by atoms with Crippen LogP contribution in [0.2, 0.25) is 0 Å². The molecule has 1 aromatic rings. The highest BCUT2D eigenvalue weighted by Crippen LogP contribution is 2.28. The Labute approximate surface area is 156 Å². The highest BCUT2D eigenvalue weighted by atomic mass is 32.2. The zero-order valence-electron chi connectivity index (χ0n) is 15.5. The van der Waals surface area contributed by atoms with Gasteiger partial charge in [-0.1, -0.05) is 0 Å². The number of likely N-dealkylation sites (tertiary alicyclic amines) is 1. The van der Waals surface area contributed by atoms with Crippen LogP contribution >= 0.6 is 11.8 Å². The van der Waals surface area contributed by atoms with Gasteiger partial charge in [0.05, 0.1) is 18.8 Å². The Bertz CT molecular complexity index is 528. The van der Waals surface area contributed by atoms with Crippen LogP contribution in [0.15, 0.2) is 27.8 Å². The molecule has 0 radical (unpaired) electrons. The van der Waals surface area contributed by atoms with Gasteiger partial charge in [-0.05, 0) is 70.5 Å². The molecule has 2 fully saturated rings. The van der Waals surface area contributed by atoms with E-state index in [4.69, 9.17) is 9.41 Å². The topological polar surface area (TPSA) is 52.8 Å². The molecule has 6 heteroatoms. The molecule has 2 N–H and O–H groups in total. The summed E-state index contributed by atoms with van der Waals surface area (Å²) in [5.74, 6) is 1.98. The van der Waals surface area contributed by atoms with E-state index < -0.39 is 0 Å². The van der Waals surface area contributed by atoms with Crippen molar-refractivity contribution in [3.8, 4) is 0 Å². The van der Waals surface area contributed by atoms with Gasteiger partial charge in [0, 0.05) is 17.8 Å². The molecule has 2 aliphatic rings. The van der Waals surface area contributed by atoms with Crippen molar-refractivity contribution < 1.29 is 4.42 Å². The molecule has 0 amide bonds. The van der Waals surface area contributed by atoms with E-state index in [1.165, 1.54) is 32.1 Å². The normalized spacial score (nSPS) is 26.1. The molecule has 140 valence electrons. The summed E-state index contributed by atoms with van der Waals surface area (Å²) in [6.45, 7) is 6.04. The molecule has 1 saturated carbocycles. The molecular formula is C19H32N4OS. The first-order chi connectivity index (χ1) is 12.3. The fourth-order valence-corrected chi connectivity index (χ4v) is 4.69. The van der Waals surface area contributed by atoms with Crippen molar-refractivity contribution in [2.45, 2.75) is 56.4 Å². The molecule has 0 spiro atoms. The van der Waals surface area contributed by atoms with Crippen molar-refractivity contribution in [2.75, 3.05) is 32.4 Å². The second-order valence-electron chi connectivity index (χ2n) is 7.01. The third-order valence-corrected chi connectivity index (χ3v) is 6.37. The molecule has 5 nitrogen and oxygen atoms in total. The Kier molecular flexibility index (Phi) is 7.11. The van der Waals surface area contributed by atoms with Gasteiger partial charge in [0.1, 0.15) is 5.76 Å². The molecule has 1 saturated heterocycles. The Hall–Kier alpha value is -1.14. The van der Waals surface area contributed by atoms with Crippen molar-refractivity contribution in [3.05, 3.63) is 24.2 Å². The number of rotatable bonds is 7. The average molecular weight is 365 g/mol. The standard InChI is InChI=1S/C19H32N4OS/c1-3-20-19(22-15-8-9-16(13-15)25-2)21-14-17(18-7-6-12-24-18)23-10-4-5-11-23/h6-7,12,15-17H,3-5,8-11,13-14H2,1-2H3,(H2,20,21,22). The van der Waals surface area contributed by atoms with Gasteiger partial charge in [-0.25, -0.2) is 0 Å². The fraction of sp³-hybridized carbons (Fsp3) is 0.737. The maximum atomic E-state index is 5.71. The minimum Gasteiger partial charge on any atom is -0.468 e. The number of hydrogen-bond donors (Lipinski definition) is 2. The Morgan fingerprint density at radius 3 is 2.88 bits per heavy atom. The Morgan fingerprint density at radius 1 is 1.40 bits per heavy atom. The number of thioether (sulfide) groups is 1. The van der Waals surface area contributed by atoms with Crippen LogP contribution in [0.1, 0.15) is 50.8 Å². The van der Waals surface area contributed by atoms with Gasteiger partial charge in [-0.3, -0.25) is 9.89 Å². The van der Waals surface area contributed by atoms with Gasteiger partial charge in [0.2, 0.25) is 0 Å². The van der Waals surface area contributed by atoms with E-state index in [-0.39, 0.29) is 6.04 Å². The first-order valence-electron chi connectivity index (χ1n) is 9.65. The minimum atomic E-state index is 0.246. The van der Waals surface area contributed by atoms with Crippen LogP contribution in [0.5, 0.6) is 0 Å². The summed E-state index contributed by atoms with van der Waals surface area (Å²) in [5.41, 5.74) is 0.